The van der Waals surface area contributed by atoms with E-state index in [4.69, 9.17) is 0 Å². The van der Waals surface area contributed by atoms with Crippen LogP contribution in [0.15, 0.2) is 24.3 Å². The van der Waals surface area contributed by atoms with Crippen LogP contribution in [0.5, 0.6) is 0 Å². The monoisotopic (exact) mass is 138 g/mol. The maximum atomic E-state index is 10.9. The van der Waals surface area contributed by atoms with E-state index in [0.717, 1.165) is 0 Å². The van der Waals surface area contributed by atoms with Crippen molar-refractivity contribution in [1.82, 2.24) is 0 Å². The summed E-state index contributed by atoms with van der Waals surface area (Å²) in [4.78, 5) is 10.9. The first-order valence-corrected chi connectivity index (χ1v) is 3.42. The van der Waals surface area contributed by atoms with Crippen LogP contribution in [0.3, 0.4) is 0 Å². The third-order valence-electron chi connectivity index (χ3n) is 1.05. The molecule has 0 spiro atoms. The van der Waals surface area contributed by atoms with Gasteiger partial charge in [-0.1, -0.05) is 26.5 Å². The van der Waals surface area contributed by atoms with Crippen molar-refractivity contribution in [3.05, 3.63) is 24.3 Å². The Labute approximate surface area is 62.4 Å². The van der Waals surface area contributed by atoms with Gasteiger partial charge in [0.25, 0.3) is 0 Å². The number of carbonyl (C=O) groups is 1. The largest absolute Gasteiger partial charge is 0.290 e. The van der Waals surface area contributed by atoms with Crippen LogP contribution in [-0.4, -0.2) is 5.78 Å². The lowest BCUT2D eigenvalue weighted by Gasteiger charge is -1.92. The second-order valence-corrected chi connectivity index (χ2v) is 2.75. The fourth-order valence-corrected chi connectivity index (χ4v) is 0.422. The second-order valence-electron chi connectivity index (χ2n) is 2.75. The van der Waals surface area contributed by atoms with Crippen LogP contribution < -0.4 is 0 Å². The van der Waals surface area contributed by atoms with Crippen LogP contribution >= 0.6 is 0 Å². The molecule has 0 fully saturated rings. The normalized spacial score (nSPS) is 10.8. The molecule has 0 saturated carbocycles. The summed E-state index contributed by atoms with van der Waals surface area (Å²) in [6.07, 6.45) is 3.45. The molecule has 0 bridgehead atoms. The number of hydrogen-bond donors (Lipinski definition) is 0. The Morgan fingerprint density at radius 3 is 2.30 bits per heavy atom. The molecule has 0 aromatic rings. The molecule has 0 atom stereocenters. The van der Waals surface area contributed by atoms with E-state index in [2.05, 4.69) is 6.58 Å². The van der Waals surface area contributed by atoms with Gasteiger partial charge in [-0.3, -0.25) is 4.79 Å². The van der Waals surface area contributed by atoms with Gasteiger partial charge in [0.1, 0.15) is 0 Å². The molecule has 0 saturated heterocycles. The van der Waals surface area contributed by atoms with Gasteiger partial charge >= 0.3 is 0 Å². The average molecular weight is 138 g/mol. The van der Waals surface area contributed by atoms with Crippen LogP contribution in [0.2, 0.25) is 0 Å². The van der Waals surface area contributed by atoms with Crippen molar-refractivity contribution in [1.29, 1.82) is 0 Å². The highest BCUT2D eigenvalue weighted by atomic mass is 16.1. The molecule has 10 heavy (non-hydrogen) atoms. The fourth-order valence-electron chi connectivity index (χ4n) is 0.422. The highest BCUT2D eigenvalue weighted by molar-refractivity contribution is 6.02. The van der Waals surface area contributed by atoms with Gasteiger partial charge in [-0.05, 0) is 24.5 Å². The first kappa shape index (κ1) is 9.15. The summed E-state index contributed by atoms with van der Waals surface area (Å²) in [5, 5.41) is 0. The molecule has 0 unspecified atom stereocenters. The lowest BCUT2D eigenvalue weighted by Crippen LogP contribution is -1.92. The summed E-state index contributed by atoms with van der Waals surface area (Å²) in [5.74, 6) is 0.456. The SMILES string of the molecule is C=C(C)C(=O)/C=C/C(C)C. The minimum Gasteiger partial charge on any atom is -0.290 e. The van der Waals surface area contributed by atoms with Crippen molar-refractivity contribution in [3.63, 3.8) is 0 Å². The van der Waals surface area contributed by atoms with E-state index >= 15 is 0 Å². The predicted molar refractivity (Wildman–Crippen MR) is 43.8 cm³/mol. The molecular formula is C9H14O. The highest BCUT2D eigenvalue weighted by Crippen LogP contribution is 1.97. The Kier molecular flexibility index (Phi) is 3.70. The molecule has 0 radical (unpaired) electrons. The van der Waals surface area contributed by atoms with Crippen molar-refractivity contribution >= 4 is 5.78 Å². The second kappa shape index (κ2) is 4.04. The van der Waals surface area contributed by atoms with Crippen molar-refractivity contribution in [2.45, 2.75) is 20.8 Å². The van der Waals surface area contributed by atoms with Crippen LogP contribution in [0.1, 0.15) is 20.8 Å². The summed E-state index contributed by atoms with van der Waals surface area (Å²) < 4.78 is 0. The van der Waals surface area contributed by atoms with E-state index in [9.17, 15) is 4.79 Å². The molecule has 0 heterocycles. The first-order chi connectivity index (χ1) is 4.54. The third kappa shape index (κ3) is 4.07. The van der Waals surface area contributed by atoms with Gasteiger partial charge in [0.15, 0.2) is 5.78 Å². The van der Waals surface area contributed by atoms with E-state index in [1.54, 1.807) is 13.0 Å². The zero-order valence-electron chi connectivity index (χ0n) is 6.85. The van der Waals surface area contributed by atoms with Crippen molar-refractivity contribution < 1.29 is 4.79 Å². The van der Waals surface area contributed by atoms with E-state index in [-0.39, 0.29) is 5.78 Å². The molecular weight excluding hydrogens is 124 g/mol. The van der Waals surface area contributed by atoms with Gasteiger partial charge in [0.2, 0.25) is 0 Å². The van der Waals surface area contributed by atoms with Gasteiger partial charge < -0.3 is 0 Å². The van der Waals surface area contributed by atoms with E-state index < -0.39 is 0 Å². The maximum Gasteiger partial charge on any atom is 0.180 e. The summed E-state index contributed by atoms with van der Waals surface area (Å²) in [7, 11) is 0. The van der Waals surface area contributed by atoms with Crippen molar-refractivity contribution in [2.75, 3.05) is 0 Å². The number of ketones is 1. The van der Waals surface area contributed by atoms with Gasteiger partial charge in [0.05, 0.1) is 0 Å². The molecule has 0 rings (SSSR count). The van der Waals surface area contributed by atoms with E-state index in [1.807, 2.05) is 19.9 Å². The molecule has 0 aromatic carbocycles. The first-order valence-electron chi connectivity index (χ1n) is 3.42. The summed E-state index contributed by atoms with van der Waals surface area (Å²) in [6.45, 7) is 9.31. The summed E-state index contributed by atoms with van der Waals surface area (Å²) in [5.41, 5.74) is 0.594. The molecule has 0 aliphatic carbocycles. The zero-order chi connectivity index (χ0) is 8.15. The predicted octanol–water partition coefficient (Wildman–Crippen LogP) is 2.34. The summed E-state index contributed by atoms with van der Waals surface area (Å²) in [6, 6.07) is 0. The molecule has 0 aliphatic rings. The quantitative estimate of drug-likeness (QED) is 0.547. The number of rotatable bonds is 3. The Balaban J connectivity index is 3.91. The Morgan fingerprint density at radius 2 is 2.00 bits per heavy atom. The van der Waals surface area contributed by atoms with Gasteiger partial charge in [-0.15, -0.1) is 0 Å². The molecule has 56 valence electrons. The van der Waals surface area contributed by atoms with E-state index in [1.165, 1.54) is 0 Å². The lowest BCUT2D eigenvalue weighted by atomic mass is 10.1. The molecule has 0 aliphatic heterocycles. The Bertz CT molecular complexity index is 164. The molecule has 1 nitrogen and oxygen atoms in total. The third-order valence-corrected chi connectivity index (χ3v) is 1.05. The number of hydrogen-bond acceptors (Lipinski definition) is 1. The van der Waals surface area contributed by atoms with Crippen LogP contribution in [0, 0.1) is 5.92 Å². The molecule has 0 amide bonds. The molecule has 0 aromatic heterocycles. The summed E-state index contributed by atoms with van der Waals surface area (Å²) >= 11 is 0. The number of carbonyl (C=O) groups excluding carboxylic acids is 1. The van der Waals surface area contributed by atoms with Gasteiger partial charge in [-0.2, -0.15) is 0 Å². The maximum absolute atomic E-state index is 10.9. The average Bonchev–Trinajstić information content (AvgIpc) is 1.82. The van der Waals surface area contributed by atoms with Crippen molar-refractivity contribution in [2.24, 2.45) is 5.92 Å². The Morgan fingerprint density at radius 1 is 1.50 bits per heavy atom. The fraction of sp³-hybridized carbons (Fsp3) is 0.444. The van der Waals surface area contributed by atoms with Crippen molar-refractivity contribution in [3.8, 4) is 0 Å². The van der Waals surface area contributed by atoms with Gasteiger partial charge in [0, 0.05) is 0 Å². The lowest BCUT2D eigenvalue weighted by molar-refractivity contribution is -0.111. The van der Waals surface area contributed by atoms with Crippen LogP contribution in [0.25, 0.3) is 0 Å². The van der Waals surface area contributed by atoms with Crippen LogP contribution in [-0.2, 0) is 4.79 Å². The zero-order valence-corrected chi connectivity index (χ0v) is 6.85. The Hall–Kier alpha value is -0.850. The topological polar surface area (TPSA) is 17.1 Å². The highest BCUT2D eigenvalue weighted by Gasteiger charge is 1.94. The van der Waals surface area contributed by atoms with Gasteiger partial charge in [-0.25, -0.2) is 0 Å². The standard InChI is InChI=1S/C9H14O/c1-7(2)5-6-9(10)8(3)4/h5-7H,3H2,1-2,4H3/b6-5+. The minimum atomic E-state index is 0.0219. The molecule has 0 N–H and O–H groups in total. The number of allylic oxidation sites excluding steroid dienone is 3. The minimum absolute atomic E-state index is 0.0219. The van der Waals surface area contributed by atoms with E-state index in [0.29, 0.717) is 11.5 Å². The molecule has 1 heteroatoms. The van der Waals surface area contributed by atoms with Crippen LogP contribution in [0.4, 0.5) is 0 Å². The smallest absolute Gasteiger partial charge is 0.180 e.